The van der Waals surface area contributed by atoms with Crippen molar-refractivity contribution in [2.75, 3.05) is 6.54 Å². The second-order valence-electron chi connectivity index (χ2n) is 3.97. The van der Waals surface area contributed by atoms with Gasteiger partial charge in [-0.05, 0) is 28.1 Å². The van der Waals surface area contributed by atoms with E-state index in [0.717, 1.165) is 10.4 Å². The third kappa shape index (κ3) is 4.29. The molecule has 1 heterocycles. The van der Waals surface area contributed by atoms with Gasteiger partial charge in [0.25, 0.3) is 5.69 Å². The summed E-state index contributed by atoms with van der Waals surface area (Å²) in [5.74, 6) is 6.16. The monoisotopic (exact) mass is 366 g/mol. The zero-order chi connectivity index (χ0) is 15.2. The second-order valence-corrected chi connectivity index (χ2v) is 5.82. The maximum absolute atomic E-state index is 10.8. The van der Waals surface area contributed by atoms with Gasteiger partial charge in [0.1, 0.15) is 12.4 Å². The third-order valence-electron chi connectivity index (χ3n) is 2.48. The minimum atomic E-state index is -0.453. The van der Waals surface area contributed by atoms with Gasteiger partial charge in [-0.2, -0.15) is 0 Å². The first-order valence-corrected chi connectivity index (χ1v) is 7.60. The Kier molecular flexibility index (Phi) is 5.33. The number of nitrogens with zero attached hydrogens (tertiary/aromatic N) is 1. The summed E-state index contributed by atoms with van der Waals surface area (Å²) >= 11 is 4.83. The van der Waals surface area contributed by atoms with Gasteiger partial charge in [-0.3, -0.25) is 10.1 Å². The number of halogens is 1. The number of hydrogen-bond acceptors (Lipinski definition) is 5. The summed E-state index contributed by atoms with van der Waals surface area (Å²) in [5.41, 5.74) is 6.20. The number of rotatable bonds is 4. The number of thiophene rings is 1. The lowest BCUT2D eigenvalue weighted by molar-refractivity contribution is -0.385. The van der Waals surface area contributed by atoms with Crippen molar-refractivity contribution >= 4 is 33.0 Å². The minimum absolute atomic E-state index is 0.00567. The van der Waals surface area contributed by atoms with Gasteiger partial charge >= 0.3 is 0 Å². The Morgan fingerprint density at radius 3 is 2.95 bits per heavy atom. The summed E-state index contributed by atoms with van der Waals surface area (Å²) in [7, 11) is 0. The maximum atomic E-state index is 10.8. The Hall–Kier alpha value is -1.88. The van der Waals surface area contributed by atoms with E-state index >= 15 is 0 Å². The van der Waals surface area contributed by atoms with Gasteiger partial charge in [-0.1, -0.05) is 11.8 Å². The molecule has 0 saturated carbocycles. The molecule has 2 aromatic rings. The van der Waals surface area contributed by atoms with Gasteiger partial charge < -0.3 is 10.5 Å². The number of benzene rings is 1. The van der Waals surface area contributed by atoms with E-state index in [1.54, 1.807) is 6.07 Å². The summed E-state index contributed by atoms with van der Waals surface area (Å²) in [6, 6.07) is 6.33. The Labute approximate surface area is 134 Å². The molecule has 0 saturated heterocycles. The molecular formula is C14H11BrN2O3S. The number of ether oxygens (including phenoxy) is 1. The number of nitrogens with two attached hydrogens (primary N) is 1. The molecule has 108 valence electrons. The number of hydrogen-bond donors (Lipinski definition) is 1. The molecule has 0 radical (unpaired) electrons. The van der Waals surface area contributed by atoms with E-state index < -0.39 is 4.92 Å². The van der Waals surface area contributed by atoms with Crippen LogP contribution in [0.5, 0.6) is 5.75 Å². The van der Waals surface area contributed by atoms with Crippen LogP contribution in [0.3, 0.4) is 0 Å². The largest absolute Gasteiger partial charge is 0.487 e. The average Bonchev–Trinajstić information content (AvgIpc) is 2.92. The molecule has 0 spiro atoms. The van der Waals surface area contributed by atoms with Crippen LogP contribution in [0.2, 0.25) is 0 Å². The van der Waals surface area contributed by atoms with Gasteiger partial charge in [-0.25, -0.2) is 0 Å². The van der Waals surface area contributed by atoms with Crippen molar-refractivity contribution in [1.82, 2.24) is 0 Å². The quantitative estimate of drug-likeness (QED) is 0.511. The molecule has 0 amide bonds. The van der Waals surface area contributed by atoms with Crippen LogP contribution in [-0.4, -0.2) is 11.5 Å². The van der Waals surface area contributed by atoms with E-state index in [1.165, 1.54) is 23.5 Å². The molecule has 5 nitrogen and oxygen atoms in total. The highest BCUT2D eigenvalue weighted by Crippen LogP contribution is 2.30. The predicted octanol–water partition coefficient (Wildman–Crippen LogP) is 3.31. The van der Waals surface area contributed by atoms with Crippen molar-refractivity contribution in [1.29, 1.82) is 0 Å². The molecule has 2 N–H and O–H groups in total. The van der Waals surface area contributed by atoms with Crippen LogP contribution in [-0.2, 0) is 6.61 Å². The fourth-order valence-corrected chi connectivity index (χ4v) is 2.63. The molecule has 0 bridgehead atoms. The van der Waals surface area contributed by atoms with Crippen LogP contribution in [0.15, 0.2) is 34.1 Å². The molecule has 2 rings (SSSR count). The molecule has 0 aliphatic rings. The Balaban J connectivity index is 2.07. The van der Waals surface area contributed by atoms with Gasteiger partial charge in [0, 0.05) is 21.9 Å². The van der Waals surface area contributed by atoms with Crippen LogP contribution in [0.4, 0.5) is 5.69 Å². The van der Waals surface area contributed by atoms with Crippen LogP contribution in [0.25, 0.3) is 0 Å². The van der Waals surface area contributed by atoms with Crippen molar-refractivity contribution in [3.8, 4) is 17.6 Å². The van der Waals surface area contributed by atoms with Crippen LogP contribution < -0.4 is 10.5 Å². The molecule has 1 aromatic carbocycles. The average molecular weight is 367 g/mol. The zero-order valence-electron chi connectivity index (χ0n) is 10.8. The predicted molar refractivity (Wildman–Crippen MR) is 85.4 cm³/mol. The van der Waals surface area contributed by atoms with E-state index in [9.17, 15) is 10.1 Å². The first-order chi connectivity index (χ1) is 10.1. The van der Waals surface area contributed by atoms with Crippen molar-refractivity contribution in [3.63, 3.8) is 0 Å². The highest BCUT2D eigenvalue weighted by atomic mass is 79.9. The van der Waals surface area contributed by atoms with Gasteiger partial charge in [0.15, 0.2) is 0 Å². The number of non-ortho nitro benzene ring substituents is 1. The summed E-state index contributed by atoms with van der Waals surface area (Å²) in [6.07, 6.45) is 0. The first-order valence-electron chi connectivity index (χ1n) is 5.93. The lowest BCUT2D eigenvalue weighted by atomic mass is 10.3. The van der Waals surface area contributed by atoms with Gasteiger partial charge in [0.05, 0.1) is 22.0 Å². The summed E-state index contributed by atoms with van der Waals surface area (Å²) < 4.78 is 6.29. The van der Waals surface area contributed by atoms with Crippen LogP contribution in [0.1, 0.15) is 10.4 Å². The first kappa shape index (κ1) is 15.5. The van der Waals surface area contributed by atoms with Gasteiger partial charge in [0.2, 0.25) is 0 Å². The highest BCUT2D eigenvalue weighted by Gasteiger charge is 2.11. The zero-order valence-corrected chi connectivity index (χ0v) is 13.2. The molecule has 0 aliphatic heterocycles. The fourth-order valence-electron chi connectivity index (χ4n) is 1.54. The van der Waals surface area contributed by atoms with Crippen molar-refractivity contribution in [3.05, 3.63) is 54.7 Å². The Bertz CT molecular complexity index is 718. The number of nitro groups is 1. The summed E-state index contributed by atoms with van der Waals surface area (Å²) in [5, 5.41) is 12.7. The lowest BCUT2D eigenvalue weighted by Gasteiger charge is -2.06. The maximum Gasteiger partial charge on any atom is 0.273 e. The van der Waals surface area contributed by atoms with Crippen molar-refractivity contribution in [2.24, 2.45) is 5.73 Å². The molecule has 0 atom stereocenters. The van der Waals surface area contributed by atoms with E-state index in [1.807, 2.05) is 11.4 Å². The van der Waals surface area contributed by atoms with Crippen molar-refractivity contribution in [2.45, 2.75) is 6.61 Å². The summed E-state index contributed by atoms with van der Waals surface area (Å²) in [4.78, 5) is 11.3. The standard InChI is InChI=1S/C14H11BrN2O3S/c15-13-4-3-11(17(18)19)7-14(13)20-8-12-6-10(9-21-12)2-1-5-16/h3-4,6-7,9H,5,8,16H2. The SMILES string of the molecule is NCC#Cc1csc(COc2cc([N+](=O)[O-])ccc2Br)c1. The highest BCUT2D eigenvalue weighted by molar-refractivity contribution is 9.10. The molecule has 0 aliphatic carbocycles. The van der Waals surface area contributed by atoms with E-state index in [2.05, 4.69) is 27.8 Å². The van der Waals surface area contributed by atoms with Crippen LogP contribution >= 0.6 is 27.3 Å². The molecule has 21 heavy (non-hydrogen) atoms. The molecule has 0 fully saturated rings. The molecule has 1 aromatic heterocycles. The lowest BCUT2D eigenvalue weighted by Crippen LogP contribution is -1.95. The minimum Gasteiger partial charge on any atom is -0.487 e. The van der Waals surface area contributed by atoms with Crippen molar-refractivity contribution < 1.29 is 9.66 Å². The molecule has 0 unspecified atom stereocenters. The van der Waals surface area contributed by atoms with E-state index in [4.69, 9.17) is 10.5 Å². The molecular weight excluding hydrogens is 356 g/mol. The Morgan fingerprint density at radius 1 is 1.43 bits per heavy atom. The second kappa shape index (κ2) is 7.22. The third-order valence-corrected chi connectivity index (χ3v) is 4.05. The van der Waals surface area contributed by atoms with Gasteiger partial charge in [-0.15, -0.1) is 11.3 Å². The van der Waals surface area contributed by atoms with E-state index in [-0.39, 0.29) is 5.69 Å². The smallest absolute Gasteiger partial charge is 0.273 e. The number of nitro benzene ring substituents is 1. The normalized spacial score (nSPS) is 9.81. The summed E-state index contributed by atoms with van der Waals surface area (Å²) in [6.45, 7) is 0.650. The van der Waals surface area contributed by atoms with Crippen LogP contribution in [0, 0.1) is 22.0 Å². The Morgan fingerprint density at radius 2 is 2.24 bits per heavy atom. The fraction of sp³-hybridized carbons (Fsp3) is 0.143. The molecule has 7 heteroatoms. The topological polar surface area (TPSA) is 78.4 Å². The van der Waals surface area contributed by atoms with E-state index in [0.29, 0.717) is 23.4 Å².